The predicted molar refractivity (Wildman–Crippen MR) is 60.9 cm³/mol. The van der Waals surface area contributed by atoms with Crippen LogP contribution in [0.2, 0.25) is 0 Å². The van der Waals surface area contributed by atoms with Crippen molar-refractivity contribution in [1.29, 1.82) is 0 Å². The molecule has 1 aliphatic rings. The third kappa shape index (κ3) is 3.20. The first-order valence-electron chi connectivity index (χ1n) is 6.03. The third-order valence-electron chi connectivity index (χ3n) is 3.63. The maximum atomic E-state index is 11.5. The molecule has 1 fully saturated rings. The first-order valence-corrected chi connectivity index (χ1v) is 6.03. The highest BCUT2D eigenvalue weighted by atomic mass is 16.4. The van der Waals surface area contributed by atoms with Crippen LogP contribution in [-0.4, -0.2) is 36.1 Å². The van der Waals surface area contributed by atoms with Gasteiger partial charge in [-0.25, -0.2) is 0 Å². The van der Waals surface area contributed by atoms with E-state index in [1.807, 2.05) is 7.05 Å². The molecule has 1 saturated carbocycles. The van der Waals surface area contributed by atoms with Gasteiger partial charge in [-0.15, -0.1) is 0 Å². The van der Waals surface area contributed by atoms with Gasteiger partial charge in [0, 0.05) is 6.54 Å². The second-order valence-corrected chi connectivity index (χ2v) is 4.83. The van der Waals surface area contributed by atoms with Gasteiger partial charge in [-0.3, -0.25) is 4.79 Å². The van der Waals surface area contributed by atoms with Crippen LogP contribution in [0.25, 0.3) is 0 Å². The molecule has 0 amide bonds. The molecule has 0 aromatic carbocycles. The smallest absolute Gasteiger partial charge is 0.310 e. The van der Waals surface area contributed by atoms with Crippen LogP contribution in [0.4, 0.5) is 0 Å². The predicted octanol–water partition coefficient (Wildman–Crippen LogP) is 2.36. The molecule has 15 heavy (non-hydrogen) atoms. The van der Waals surface area contributed by atoms with Crippen LogP contribution in [0, 0.1) is 5.41 Å². The molecular weight excluding hydrogens is 190 g/mol. The van der Waals surface area contributed by atoms with Gasteiger partial charge in [0.05, 0.1) is 5.41 Å². The molecule has 0 unspecified atom stereocenters. The molecule has 3 nitrogen and oxygen atoms in total. The first-order chi connectivity index (χ1) is 7.10. The van der Waals surface area contributed by atoms with Crippen molar-refractivity contribution in [3.63, 3.8) is 0 Å². The summed E-state index contributed by atoms with van der Waals surface area (Å²) in [6, 6.07) is 0. The van der Waals surface area contributed by atoms with Crippen LogP contribution >= 0.6 is 0 Å². The van der Waals surface area contributed by atoms with E-state index >= 15 is 0 Å². The number of hydrogen-bond donors (Lipinski definition) is 1. The SMILES string of the molecule is CCN(C)CC1(C(=O)O)CCCCCC1. The fourth-order valence-electron chi connectivity index (χ4n) is 2.47. The minimum Gasteiger partial charge on any atom is -0.481 e. The summed E-state index contributed by atoms with van der Waals surface area (Å²) in [5.41, 5.74) is -0.471. The van der Waals surface area contributed by atoms with Crippen molar-refractivity contribution in [1.82, 2.24) is 4.90 Å². The average Bonchev–Trinajstić information content (AvgIpc) is 2.44. The molecule has 0 radical (unpaired) electrons. The number of rotatable bonds is 4. The van der Waals surface area contributed by atoms with Crippen LogP contribution in [0.15, 0.2) is 0 Å². The summed E-state index contributed by atoms with van der Waals surface area (Å²) in [5, 5.41) is 9.43. The van der Waals surface area contributed by atoms with Gasteiger partial charge in [0.15, 0.2) is 0 Å². The molecule has 0 aliphatic heterocycles. The van der Waals surface area contributed by atoms with Crippen molar-refractivity contribution in [2.75, 3.05) is 20.1 Å². The summed E-state index contributed by atoms with van der Waals surface area (Å²) in [6.45, 7) is 3.71. The average molecular weight is 213 g/mol. The van der Waals surface area contributed by atoms with Crippen LogP contribution in [-0.2, 0) is 4.79 Å². The van der Waals surface area contributed by atoms with Crippen molar-refractivity contribution in [2.24, 2.45) is 5.41 Å². The molecular formula is C12H23NO2. The van der Waals surface area contributed by atoms with Crippen molar-refractivity contribution in [3.8, 4) is 0 Å². The molecule has 3 heteroatoms. The van der Waals surface area contributed by atoms with Gasteiger partial charge in [0.25, 0.3) is 0 Å². The number of nitrogens with zero attached hydrogens (tertiary/aromatic N) is 1. The maximum absolute atomic E-state index is 11.5. The molecule has 0 bridgehead atoms. The number of carboxylic acids is 1. The fourth-order valence-corrected chi connectivity index (χ4v) is 2.47. The zero-order valence-corrected chi connectivity index (χ0v) is 9.96. The van der Waals surface area contributed by atoms with E-state index in [9.17, 15) is 9.90 Å². The minimum absolute atomic E-state index is 0.471. The monoisotopic (exact) mass is 213 g/mol. The molecule has 0 spiro atoms. The van der Waals surface area contributed by atoms with E-state index in [1.54, 1.807) is 0 Å². The lowest BCUT2D eigenvalue weighted by atomic mass is 9.80. The topological polar surface area (TPSA) is 40.5 Å². The fraction of sp³-hybridized carbons (Fsp3) is 0.917. The molecule has 1 N–H and O–H groups in total. The van der Waals surface area contributed by atoms with Crippen LogP contribution < -0.4 is 0 Å². The Balaban J connectivity index is 2.71. The van der Waals surface area contributed by atoms with E-state index in [1.165, 1.54) is 12.8 Å². The number of carbonyl (C=O) groups is 1. The highest BCUT2D eigenvalue weighted by Gasteiger charge is 2.39. The second-order valence-electron chi connectivity index (χ2n) is 4.83. The quantitative estimate of drug-likeness (QED) is 0.729. The lowest BCUT2D eigenvalue weighted by Crippen LogP contribution is -2.41. The number of carboxylic acid groups (broad SMARTS) is 1. The van der Waals surface area contributed by atoms with Crippen LogP contribution in [0.3, 0.4) is 0 Å². The summed E-state index contributed by atoms with van der Waals surface area (Å²) in [6.07, 6.45) is 6.25. The molecule has 0 saturated heterocycles. The zero-order valence-electron chi connectivity index (χ0n) is 9.96. The van der Waals surface area contributed by atoms with E-state index in [-0.39, 0.29) is 0 Å². The Bertz CT molecular complexity index is 208. The van der Waals surface area contributed by atoms with Crippen molar-refractivity contribution < 1.29 is 9.90 Å². The van der Waals surface area contributed by atoms with Crippen molar-refractivity contribution in [3.05, 3.63) is 0 Å². The van der Waals surface area contributed by atoms with Gasteiger partial charge < -0.3 is 10.0 Å². The van der Waals surface area contributed by atoms with Gasteiger partial charge in [-0.1, -0.05) is 32.6 Å². The lowest BCUT2D eigenvalue weighted by molar-refractivity contribution is -0.151. The Morgan fingerprint density at radius 3 is 2.20 bits per heavy atom. The Morgan fingerprint density at radius 2 is 1.80 bits per heavy atom. The Kier molecular flexibility index (Phi) is 4.58. The zero-order chi connectivity index (χ0) is 11.3. The van der Waals surface area contributed by atoms with E-state index in [0.717, 1.165) is 32.2 Å². The summed E-state index contributed by atoms with van der Waals surface area (Å²) < 4.78 is 0. The second kappa shape index (κ2) is 5.50. The third-order valence-corrected chi connectivity index (χ3v) is 3.63. The molecule has 1 rings (SSSR count). The van der Waals surface area contributed by atoms with E-state index < -0.39 is 11.4 Å². The van der Waals surface area contributed by atoms with E-state index in [4.69, 9.17) is 0 Å². The normalized spacial score (nSPS) is 21.3. The van der Waals surface area contributed by atoms with Crippen molar-refractivity contribution >= 4 is 5.97 Å². The molecule has 1 aliphatic carbocycles. The van der Waals surface area contributed by atoms with Crippen molar-refractivity contribution in [2.45, 2.75) is 45.4 Å². The largest absolute Gasteiger partial charge is 0.481 e. The number of hydrogen-bond acceptors (Lipinski definition) is 2. The molecule has 0 aromatic rings. The summed E-state index contributed by atoms with van der Waals surface area (Å²) in [4.78, 5) is 13.6. The van der Waals surface area contributed by atoms with Gasteiger partial charge in [0.2, 0.25) is 0 Å². The minimum atomic E-state index is -0.593. The molecule has 0 heterocycles. The number of aliphatic carboxylic acids is 1. The highest BCUT2D eigenvalue weighted by molar-refractivity contribution is 5.75. The van der Waals surface area contributed by atoms with Gasteiger partial charge in [-0.05, 0) is 26.4 Å². The summed E-state index contributed by atoms with van der Waals surface area (Å²) in [5.74, 6) is -0.593. The van der Waals surface area contributed by atoms with Gasteiger partial charge >= 0.3 is 5.97 Å². The lowest BCUT2D eigenvalue weighted by Gasteiger charge is -2.32. The van der Waals surface area contributed by atoms with Crippen LogP contribution in [0.5, 0.6) is 0 Å². The molecule has 0 atom stereocenters. The molecule has 88 valence electrons. The van der Waals surface area contributed by atoms with E-state index in [0.29, 0.717) is 6.54 Å². The summed E-state index contributed by atoms with van der Waals surface area (Å²) in [7, 11) is 2.01. The Labute approximate surface area is 92.5 Å². The maximum Gasteiger partial charge on any atom is 0.310 e. The standard InChI is InChI=1S/C12H23NO2/c1-3-13(2)10-12(11(14)15)8-6-4-5-7-9-12/h3-10H2,1-2H3,(H,14,15). The van der Waals surface area contributed by atoms with Gasteiger partial charge in [-0.2, -0.15) is 0 Å². The Hall–Kier alpha value is -0.570. The molecule has 0 aromatic heterocycles. The summed E-state index contributed by atoms with van der Waals surface area (Å²) >= 11 is 0. The highest BCUT2D eigenvalue weighted by Crippen LogP contribution is 2.35. The Morgan fingerprint density at radius 1 is 1.27 bits per heavy atom. The first kappa shape index (κ1) is 12.5. The van der Waals surface area contributed by atoms with Crippen LogP contribution in [0.1, 0.15) is 45.4 Å². The van der Waals surface area contributed by atoms with E-state index in [2.05, 4.69) is 11.8 Å². The van der Waals surface area contributed by atoms with Gasteiger partial charge in [0.1, 0.15) is 0 Å².